The molecule has 4 nitrogen and oxygen atoms in total. The summed E-state index contributed by atoms with van der Waals surface area (Å²) in [6.45, 7) is 2.00. The summed E-state index contributed by atoms with van der Waals surface area (Å²) in [7, 11) is 1.27. The third-order valence-electron chi connectivity index (χ3n) is 3.33. The molecule has 1 amide bonds. The number of carbonyl (C=O) groups excluding carboxylic acids is 2. The topological polar surface area (TPSA) is 46.6 Å². The Kier molecular flexibility index (Phi) is 3.07. The highest BCUT2D eigenvalue weighted by molar-refractivity contribution is 6.11. The second kappa shape index (κ2) is 4.40. The van der Waals surface area contributed by atoms with Gasteiger partial charge in [0.15, 0.2) is 0 Å². The van der Waals surface area contributed by atoms with Crippen molar-refractivity contribution in [3.63, 3.8) is 0 Å². The quantitative estimate of drug-likeness (QED) is 0.594. The second-order valence-electron chi connectivity index (χ2n) is 4.51. The molecule has 0 bridgehead atoms. The molecule has 1 atom stereocenters. The van der Waals surface area contributed by atoms with Crippen molar-refractivity contribution in [2.75, 3.05) is 18.6 Å². The van der Waals surface area contributed by atoms with Crippen LogP contribution in [0, 0.1) is 11.2 Å². The number of rotatable bonds is 2. The van der Waals surface area contributed by atoms with Gasteiger partial charge in [-0.05, 0) is 37.6 Å². The van der Waals surface area contributed by atoms with Gasteiger partial charge < -0.3 is 9.64 Å². The number of amides is 1. The van der Waals surface area contributed by atoms with E-state index in [1.54, 1.807) is 6.92 Å². The van der Waals surface area contributed by atoms with Crippen LogP contribution in [0.3, 0.4) is 0 Å². The molecule has 0 unspecified atom stereocenters. The van der Waals surface area contributed by atoms with E-state index in [0.717, 1.165) is 0 Å². The Balaban J connectivity index is 2.27. The molecule has 0 spiro atoms. The smallest absolute Gasteiger partial charge is 0.321 e. The van der Waals surface area contributed by atoms with Gasteiger partial charge in [0.2, 0.25) is 5.91 Å². The molecule has 96 valence electrons. The Morgan fingerprint density at radius 2 is 2.00 bits per heavy atom. The Bertz CT molecular complexity index is 486. The standard InChI is InChI=1S/C13H14FNO3/c1-13(12(17)18-2)7-8-15(11(13)16)10-5-3-9(14)4-6-10/h3-6H,7-8H2,1-2H3/t13-/m1/s1. The first-order chi connectivity index (χ1) is 8.49. The number of carbonyl (C=O) groups is 2. The van der Waals surface area contributed by atoms with Gasteiger partial charge in [-0.25, -0.2) is 4.39 Å². The van der Waals surface area contributed by atoms with Gasteiger partial charge >= 0.3 is 5.97 Å². The number of nitrogens with zero attached hydrogens (tertiary/aromatic N) is 1. The first-order valence-corrected chi connectivity index (χ1v) is 5.65. The third-order valence-corrected chi connectivity index (χ3v) is 3.33. The van der Waals surface area contributed by atoms with Crippen LogP contribution in [-0.2, 0) is 14.3 Å². The summed E-state index contributed by atoms with van der Waals surface area (Å²) < 4.78 is 17.5. The van der Waals surface area contributed by atoms with Gasteiger partial charge in [-0.3, -0.25) is 9.59 Å². The zero-order valence-corrected chi connectivity index (χ0v) is 10.3. The van der Waals surface area contributed by atoms with Gasteiger partial charge in [0.1, 0.15) is 11.2 Å². The van der Waals surface area contributed by atoms with E-state index in [4.69, 9.17) is 0 Å². The molecule has 0 aromatic heterocycles. The van der Waals surface area contributed by atoms with Crippen molar-refractivity contribution in [1.29, 1.82) is 0 Å². The Labute approximate surface area is 104 Å². The number of ether oxygens (including phenoxy) is 1. The van der Waals surface area contributed by atoms with Crippen molar-refractivity contribution in [2.24, 2.45) is 5.41 Å². The first-order valence-electron chi connectivity index (χ1n) is 5.65. The van der Waals surface area contributed by atoms with Gasteiger partial charge in [0, 0.05) is 12.2 Å². The summed E-state index contributed by atoms with van der Waals surface area (Å²) in [5, 5.41) is 0. The molecule has 0 saturated carbocycles. The second-order valence-corrected chi connectivity index (χ2v) is 4.51. The molecule has 1 aromatic rings. The van der Waals surface area contributed by atoms with Gasteiger partial charge in [-0.2, -0.15) is 0 Å². The van der Waals surface area contributed by atoms with Crippen molar-refractivity contribution < 1.29 is 18.7 Å². The molecule has 0 aliphatic carbocycles. The molecular formula is C13H14FNO3. The summed E-state index contributed by atoms with van der Waals surface area (Å²) >= 11 is 0. The minimum Gasteiger partial charge on any atom is -0.468 e. The largest absolute Gasteiger partial charge is 0.468 e. The number of hydrogen-bond donors (Lipinski definition) is 0. The Hall–Kier alpha value is -1.91. The third kappa shape index (κ3) is 1.85. The normalized spacial score (nSPS) is 23.3. The van der Waals surface area contributed by atoms with Crippen LogP contribution in [0.25, 0.3) is 0 Å². The summed E-state index contributed by atoms with van der Waals surface area (Å²) in [5.74, 6) is -1.20. The molecule has 1 saturated heterocycles. The van der Waals surface area contributed by atoms with E-state index in [2.05, 4.69) is 4.74 Å². The van der Waals surface area contributed by atoms with E-state index < -0.39 is 11.4 Å². The minimum absolute atomic E-state index is 0.305. The van der Waals surface area contributed by atoms with E-state index >= 15 is 0 Å². The van der Waals surface area contributed by atoms with E-state index in [-0.39, 0.29) is 11.7 Å². The number of hydrogen-bond acceptors (Lipinski definition) is 3. The summed E-state index contributed by atoms with van der Waals surface area (Å²) in [6.07, 6.45) is 0.399. The summed E-state index contributed by atoms with van der Waals surface area (Å²) in [4.78, 5) is 25.4. The van der Waals surface area contributed by atoms with Crippen molar-refractivity contribution in [3.05, 3.63) is 30.1 Å². The molecule has 1 aliphatic rings. The van der Waals surface area contributed by atoms with Crippen molar-refractivity contribution in [3.8, 4) is 0 Å². The van der Waals surface area contributed by atoms with Crippen LogP contribution >= 0.6 is 0 Å². The fourth-order valence-electron chi connectivity index (χ4n) is 2.12. The van der Waals surface area contributed by atoms with Gasteiger partial charge in [0.25, 0.3) is 0 Å². The average molecular weight is 251 g/mol. The predicted octanol–water partition coefficient (Wildman–Crippen LogP) is 1.74. The highest BCUT2D eigenvalue weighted by atomic mass is 19.1. The Morgan fingerprint density at radius 3 is 2.56 bits per heavy atom. The zero-order valence-electron chi connectivity index (χ0n) is 10.3. The molecule has 5 heteroatoms. The van der Waals surface area contributed by atoms with Crippen LogP contribution < -0.4 is 4.90 Å². The van der Waals surface area contributed by atoms with Crippen LogP contribution in [0.2, 0.25) is 0 Å². The van der Waals surface area contributed by atoms with Crippen molar-refractivity contribution in [2.45, 2.75) is 13.3 Å². The van der Waals surface area contributed by atoms with E-state index in [9.17, 15) is 14.0 Å². The summed E-state index contributed by atoms with van der Waals surface area (Å²) in [5.41, 5.74) is -0.544. The lowest BCUT2D eigenvalue weighted by atomic mass is 9.89. The van der Waals surface area contributed by atoms with Gasteiger partial charge in [0.05, 0.1) is 7.11 Å². The lowest BCUT2D eigenvalue weighted by Crippen LogP contribution is -2.39. The van der Waals surface area contributed by atoms with Crippen molar-refractivity contribution in [1.82, 2.24) is 0 Å². The maximum atomic E-state index is 12.8. The fraction of sp³-hybridized carbons (Fsp3) is 0.385. The molecule has 1 heterocycles. The highest BCUT2D eigenvalue weighted by Crippen LogP contribution is 2.35. The molecular weight excluding hydrogens is 237 g/mol. The van der Waals surface area contributed by atoms with Crippen LogP contribution in [0.4, 0.5) is 10.1 Å². The molecule has 1 aromatic carbocycles. The van der Waals surface area contributed by atoms with Gasteiger partial charge in [-0.15, -0.1) is 0 Å². The number of halogens is 1. The average Bonchev–Trinajstić information content (AvgIpc) is 2.68. The lowest BCUT2D eigenvalue weighted by Gasteiger charge is -2.21. The monoisotopic (exact) mass is 251 g/mol. The molecule has 0 radical (unpaired) electrons. The number of benzene rings is 1. The summed E-state index contributed by atoms with van der Waals surface area (Å²) in [6, 6.07) is 5.62. The van der Waals surface area contributed by atoms with Gasteiger partial charge in [-0.1, -0.05) is 0 Å². The van der Waals surface area contributed by atoms with Crippen LogP contribution in [0.15, 0.2) is 24.3 Å². The first kappa shape index (κ1) is 12.5. The van der Waals surface area contributed by atoms with Crippen LogP contribution in [-0.4, -0.2) is 25.5 Å². The Morgan fingerprint density at radius 1 is 1.39 bits per heavy atom. The maximum Gasteiger partial charge on any atom is 0.321 e. The fourth-order valence-corrected chi connectivity index (χ4v) is 2.12. The molecule has 2 rings (SSSR count). The number of methoxy groups -OCH3 is 1. The molecule has 1 fully saturated rings. The van der Waals surface area contributed by atoms with E-state index in [1.807, 2.05) is 0 Å². The SMILES string of the molecule is COC(=O)[C@]1(C)CCN(c2ccc(F)cc2)C1=O. The maximum absolute atomic E-state index is 12.8. The number of esters is 1. The predicted molar refractivity (Wildman–Crippen MR) is 63.5 cm³/mol. The van der Waals surface area contributed by atoms with E-state index in [0.29, 0.717) is 18.7 Å². The molecule has 1 aliphatic heterocycles. The zero-order chi connectivity index (χ0) is 13.3. The lowest BCUT2D eigenvalue weighted by molar-refractivity contribution is -0.155. The van der Waals surface area contributed by atoms with Crippen LogP contribution in [0.5, 0.6) is 0 Å². The molecule has 0 N–H and O–H groups in total. The van der Waals surface area contributed by atoms with Crippen molar-refractivity contribution >= 4 is 17.6 Å². The highest BCUT2D eigenvalue weighted by Gasteiger charge is 2.50. The minimum atomic E-state index is -1.14. The number of anilines is 1. The van der Waals surface area contributed by atoms with E-state index in [1.165, 1.54) is 36.3 Å². The molecule has 18 heavy (non-hydrogen) atoms. The van der Waals surface area contributed by atoms with Crippen LogP contribution in [0.1, 0.15) is 13.3 Å².